The number of non-ortho nitro benzene ring substituents is 1. The van der Waals surface area contributed by atoms with Crippen LogP contribution in [0.1, 0.15) is 5.56 Å². The molecule has 0 unspecified atom stereocenters. The van der Waals surface area contributed by atoms with Gasteiger partial charge in [-0.3, -0.25) is 10.1 Å². The molecule has 0 atom stereocenters. The van der Waals surface area contributed by atoms with Crippen molar-refractivity contribution in [2.24, 2.45) is 5.73 Å². The number of nitrogens with two attached hydrogens (primary N) is 1. The first-order valence-electron chi connectivity index (χ1n) is 4.86. The van der Waals surface area contributed by atoms with E-state index in [-0.39, 0.29) is 5.69 Å². The fraction of sp³-hybridized carbons (Fsp3) is 0.400. The van der Waals surface area contributed by atoms with Gasteiger partial charge in [0.15, 0.2) is 0 Å². The highest BCUT2D eigenvalue weighted by Crippen LogP contribution is 2.22. The molecule has 0 saturated carbocycles. The number of nitro benzene ring substituents is 1. The molecule has 0 aliphatic heterocycles. The van der Waals surface area contributed by atoms with Gasteiger partial charge < -0.3 is 10.6 Å². The molecule has 0 aromatic heterocycles. The van der Waals surface area contributed by atoms with Gasteiger partial charge in [0.25, 0.3) is 5.69 Å². The zero-order chi connectivity index (χ0) is 12.1. The van der Waals surface area contributed by atoms with Crippen LogP contribution in [0.2, 0.25) is 5.02 Å². The second kappa shape index (κ2) is 5.79. The van der Waals surface area contributed by atoms with Crippen molar-refractivity contribution < 1.29 is 4.92 Å². The maximum atomic E-state index is 10.6. The van der Waals surface area contributed by atoms with Crippen molar-refractivity contribution in [1.82, 2.24) is 4.90 Å². The van der Waals surface area contributed by atoms with E-state index in [0.29, 0.717) is 18.1 Å². The Morgan fingerprint density at radius 3 is 2.81 bits per heavy atom. The van der Waals surface area contributed by atoms with E-state index in [2.05, 4.69) is 0 Å². The molecular formula is C10H14ClN3O2. The molecule has 0 spiro atoms. The summed E-state index contributed by atoms with van der Waals surface area (Å²) >= 11 is 5.96. The maximum absolute atomic E-state index is 10.6. The van der Waals surface area contributed by atoms with Crippen LogP contribution < -0.4 is 5.73 Å². The highest BCUT2D eigenvalue weighted by Gasteiger charge is 2.10. The normalized spacial score (nSPS) is 10.8. The highest BCUT2D eigenvalue weighted by atomic mass is 35.5. The third-order valence-corrected chi connectivity index (χ3v) is 2.56. The van der Waals surface area contributed by atoms with Crippen molar-refractivity contribution in [2.45, 2.75) is 6.54 Å². The minimum Gasteiger partial charge on any atom is -0.329 e. The first-order valence-corrected chi connectivity index (χ1v) is 5.24. The summed E-state index contributed by atoms with van der Waals surface area (Å²) in [5.41, 5.74) is 6.21. The Hall–Kier alpha value is -1.17. The van der Waals surface area contributed by atoms with Crippen LogP contribution in [0.5, 0.6) is 0 Å². The Labute approximate surface area is 98.9 Å². The number of hydrogen-bond acceptors (Lipinski definition) is 4. The third kappa shape index (κ3) is 3.44. The molecule has 16 heavy (non-hydrogen) atoms. The van der Waals surface area contributed by atoms with Crippen LogP contribution in [0.25, 0.3) is 0 Å². The Bertz CT molecular complexity index is 384. The molecule has 0 bridgehead atoms. The molecule has 1 rings (SSSR count). The minimum atomic E-state index is -0.428. The standard InChI is InChI=1S/C10H14ClN3O2/c1-13(5-4-12)7-8-6-9(14(15)16)2-3-10(8)11/h2-3,6H,4-5,7,12H2,1H3. The van der Waals surface area contributed by atoms with Crippen LogP contribution in [-0.2, 0) is 6.54 Å². The van der Waals surface area contributed by atoms with Gasteiger partial charge in [-0.15, -0.1) is 0 Å². The van der Waals surface area contributed by atoms with Crippen molar-refractivity contribution in [1.29, 1.82) is 0 Å². The first kappa shape index (κ1) is 12.9. The van der Waals surface area contributed by atoms with E-state index < -0.39 is 4.92 Å². The van der Waals surface area contributed by atoms with Crippen molar-refractivity contribution >= 4 is 17.3 Å². The fourth-order valence-electron chi connectivity index (χ4n) is 1.39. The van der Waals surface area contributed by atoms with Gasteiger partial charge in [-0.2, -0.15) is 0 Å². The molecular weight excluding hydrogens is 230 g/mol. The van der Waals surface area contributed by atoms with Crippen molar-refractivity contribution in [3.05, 3.63) is 38.9 Å². The van der Waals surface area contributed by atoms with Gasteiger partial charge in [0, 0.05) is 36.8 Å². The number of benzene rings is 1. The van der Waals surface area contributed by atoms with E-state index in [0.717, 1.165) is 12.1 Å². The Morgan fingerprint density at radius 2 is 2.25 bits per heavy atom. The molecule has 0 fully saturated rings. The summed E-state index contributed by atoms with van der Waals surface area (Å²) in [4.78, 5) is 12.1. The number of nitro groups is 1. The molecule has 6 heteroatoms. The predicted molar refractivity (Wildman–Crippen MR) is 63.5 cm³/mol. The van der Waals surface area contributed by atoms with E-state index in [1.807, 2.05) is 11.9 Å². The van der Waals surface area contributed by atoms with Crippen molar-refractivity contribution in [2.75, 3.05) is 20.1 Å². The van der Waals surface area contributed by atoms with E-state index >= 15 is 0 Å². The maximum Gasteiger partial charge on any atom is 0.269 e. The SMILES string of the molecule is CN(CCN)Cc1cc([N+](=O)[O-])ccc1Cl. The summed E-state index contributed by atoms with van der Waals surface area (Å²) in [6, 6.07) is 4.44. The molecule has 0 amide bonds. The molecule has 2 N–H and O–H groups in total. The molecule has 0 aliphatic rings. The minimum absolute atomic E-state index is 0.0561. The quantitative estimate of drug-likeness (QED) is 0.630. The van der Waals surface area contributed by atoms with Crippen LogP contribution in [0.3, 0.4) is 0 Å². The van der Waals surface area contributed by atoms with Crippen LogP contribution in [-0.4, -0.2) is 30.0 Å². The second-order valence-electron chi connectivity index (χ2n) is 3.56. The first-order chi connectivity index (χ1) is 7.54. The lowest BCUT2D eigenvalue weighted by atomic mass is 10.2. The molecule has 5 nitrogen and oxygen atoms in total. The lowest BCUT2D eigenvalue weighted by Crippen LogP contribution is -2.25. The summed E-state index contributed by atoms with van der Waals surface area (Å²) in [6.07, 6.45) is 0. The van der Waals surface area contributed by atoms with Gasteiger partial charge in [-0.05, 0) is 18.7 Å². The molecule has 0 aliphatic carbocycles. The van der Waals surface area contributed by atoms with Crippen LogP contribution >= 0.6 is 11.6 Å². The van der Waals surface area contributed by atoms with E-state index in [1.54, 1.807) is 6.07 Å². The topological polar surface area (TPSA) is 72.4 Å². The Kier molecular flexibility index (Phi) is 4.67. The number of nitrogens with zero attached hydrogens (tertiary/aromatic N) is 2. The number of likely N-dealkylation sites (N-methyl/N-ethyl adjacent to an activating group) is 1. The monoisotopic (exact) mass is 243 g/mol. The lowest BCUT2D eigenvalue weighted by Gasteiger charge is -2.15. The van der Waals surface area contributed by atoms with Crippen molar-refractivity contribution in [3.63, 3.8) is 0 Å². The number of halogens is 1. The number of rotatable bonds is 5. The summed E-state index contributed by atoms with van der Waals surface area (Å²) < 4.78 is 0. The average molecular weight is 244 g/mol. The molecule has 0 saturated heterocycles. The lowest BCUT2D eigenvalue weighted by molar-refractivity contribution is -0.384. The van der Waals surface area contributed by atoms with Gasteiger partial charge in [0.2, 0.25) is 0 Å². The van der Waals surface area contributed by atoms with Gasteiger partial charge in [-0.25, -0.2) is 0 Å². The number of hydrogen-bond donors (Lipinski definition) is 1. The summed E-state index contributed by atoms with van der Waals surface area (Å²) in [7, 11) is 1.89. The van der Waals surface area contributed by atoms with Gasteiger partial charge >= 0.3 is 0 Å². The van der Waals surface area contributed by atoms with Gasteiger partial charge in [-0.1, -0.05) is 11.6 Å². The molecule has 0 heterocycles. The largest absolute Gasteiger partial charge is 0.329 e. The fourth-order valence-corrected chi connectivity index (χ4v) is 1.56. The molecule has 1 aromatic rings. The third-order valence-electron chi connectivity index (χ3n) is 2.19. The van der Waals surface area contributed by atoms with Gasteiger partial charge in [0.1, 0.15) is 0 Å². The average Bonchev–Trinajstić information content (AvgIpc) is 2.21. The van der Waals surface area contributed by atoms with Crippen LogP contribution in [0.4, 0.5) is 5.69 Å². The van der Waals surface area contributed by atoms with Crippen LogP contribution in [0.15, 0.2) is 18.2 Å². The van der Waals surface area contributed by atoms with E-state index in [4.69, 9.17) is 17.3 Å². The summed E-state index contributed by atoms with van der Waals surface area (Å²) in [5.74, 6) is 0. The van der Waals surface area contributed by atoms with Crippen LogP contribution in [0, 0.1) is 10.1 Å². The Balaban J connectivity index is 2.85. The van der Waals surface area contributed by atoms with Crippen molar-refractivity contribution in [3.8, 4) is 0 Å². The van der Waals surface area contributed by atoms with Gasteiger partial charge in [0.05, 0.1) is 4.92 Å². The second-order valence-corrected chi connectivity index (χ2v) is 3.97. The highest BCUT2D eigenvalue weighted by molar-refractivity contribution is 6.31. The predicted octanol–water partition coefficient (Wildman–Crippen LogP) is 1.64. The smallest absolute Gasteiger partial charge is 0.269 e. The summed E-state index contributed by atoms with van der Waals surface area (Å²) in [6.45, 7) is 1.82. The molecule has 0 radical (unpaired) electrons. The summed E-state index contributed by atoms with van der Waals surface area (Å²) in [5, 5.41) is 11.1. The molecule has 88 valence electrons. The van der Waals surface area contributed by atoms with E-state index in [9.17, 15) is 10.1 Å². The zero-order valence-electron chi connectivity index (χ0n) is 9.02. The molecule has 1 aromatic carbocycles. The zero-order valence-corrected chi connectivity index (χ0v) is 9.78. The Morgan fingerprint density at radius 1 is 1.56 bits per heavy atom. The van der Waals surface area contributed by atoms with E-state index in [1.165, 1.54) is 12.1 Å².